The van der Waals surface area contributed by atoms with Crippen LogP contribution >= 0.6 is 0 Å². The number of hydrogen-bond acceptors (Lipinski definition) is 7. The number of anilines is 1. The summed E-state index contributed by atoms with van der Waals surface area (Å²) in [6, 6.07) is 13.6. The SMILES string of the molecule is C.CCOc1cc(NC2CCN(C(=O)CCN3CCC(OCc4ccc(C)cc4)CC3)CC2)ccc1[N+](=O)[O-]. The molecule has 0 bridgehead atoms. The lowest BCUT2D eigenvalue weighted by Gasteiger charge is -2.34. The highest BCUT2D eigenvalue weighted by Crippen LogP contribution is 2.31. The quantitative estimate of drug-likeness (QED) is 0.301. The van der Waals surface area contributed by atoms with Crippen LogP contribution in [0.15, 0.2) is 42.5 Å². The number of carbonyl (C=O) groups excluding carboxylic acids is 1. The van der Waals surface area contributed by atoms with Crippen molar-refractivity contribution in [2.45, 2.75) is 72.1 Å². The van der Waals surface area contributed by atoms with E-state index in [1.807, 2.05) is 4.90 Å². The molecule has 2 aromatic rings. The van der Waals surface area contributed by atoms with Gasteiger partial charge in [0.05, 0.1) is 24.2 Å². The number of nitrogens with one attached hydrogen (secondary N) is 1. The lowest BCUT2D eigenvalue weighted by molar-refractivity contribution is -0.385. The van der Waals surface area contributed by atoms with E-state index in [0.29, 0.717) is 19.6 Å². The number of piperidine rings is 2. The Morgan fingerprint density at radius 2 is 1.74 bits per heavy atom. The van der Waals surface area contributed by atoms with Crippen molar-refractivity contribution >= 4 is 17.3 Å². The molecule has 39 heavy (non-hydrogen) atoms. The molecule has 2 aliphatic heterocycles. The third kappa shape index (κ3) is 8.93. The van der Waals surface area contributed by atoms with Crippen LogP contribution in [-0.4, -0.2) is 72.1 Å². The molecule has 2 heterocycles. The Balaban J connectivity index is 0.00000420. The first-order valence-electron chi connectivity index (χ1n) is 13.8. The Hall–Kier alpha value is -3.17. The second-order valence-electron chi connectivity index (χ2n) is 10.3. The van der Waals surface area contributed by atoms with E-state index in [0.717, 1.165) is 64.1 Å². The molecule has 2 saturated heterocycles. The summed E-state index contributed by atoms with van der Waals surface area (Å²) in [5, 5.41) is 14.7. The van der Waals surface area contributed by atoms with Crippen LogP contribution < -0.4 is 10.1 Å². The molecule has 0 aliphatic carbocycles. The summed E-state index contributed by atoms with van der Waals surface area (Å²) in [6.07, 6.45) is 4.53. The van der Waals surface area contributed by atoms with Gasteiger partial charge in [0, 0.05) is 63.0 Å². The van der Waals surface area contributed by atoms with Crippen LogP contribution in [-0.2, 0) is 16.1 Å². The number of benzene rings is 2. The van der Waals surface area contributed by atoms with Crippen LogP contribution in [0.5, 0.6) is 5.75 Å². The van der Waals surface area contributed by atoms with E-state index in [9.17, 15) is 14.9 Å². The zero-order valence-corrected chi connectivity index (χ0v) is 22.6. The standard InChI is InChI=1S/C29H40N4O5.CH4/c1-3-37-28-20-25(8-9-27(28)33(35)36)30-24-10-18-32(19-11-24)29(34)14-17-31-15-12-26(13-16-31)38-21-23-6-4-22(2)5-7-23;/h4-9,20,24,26,30H,3,10-19,21H2,1-2H3;1H4. The van der Waals surface area contributed by atoms with Gasteiger partial charge in [-0.3, -0.25) is 14.9 Å². The van der Waals surface area contributed by atoms with Gasteiger partial charge in [0.15, 0.2) is 5.75 Å². The maximum Gasteiger partial charge on any atom is 0.311 e. The predicted octanol–water partition coefficient (Wildman–Crippen LogP) is 5.41. The lowest BCUT2D eigenvalue weighted by Crippen LogP contribution is -2.44. The highest BCUT2D eigenvalue weighted by molar-refractivity contribution is 5.76. The van der Waals surface area contributed by atoms with E-state index in [-0.39, 0.29) is 36.9 Å². The number of nitro groups is 1. The first kappa shape index (κ1) is 30.4. The summed E-state index contributed by atoms with van der Waals surface area (Å²) < 4.78 is 11.6. The van der Waals surface area contributed by atoms with Crippen LogP contribution in [0, 0.1) is 17.0 Å². The molecule has 9 nitrogen and oxygen atoms in total. The molecule has 214 valence electrons. The summed E-state index contributed by atoms with van der Waals surface area (Å²) in [6.45, 7) is 9.09. The van der Waals surface area contributed by atoms with Gasteiger partial charge in [0.1, 0.15) is 0 Å². The third-order valence-electron chi connectivity index (χ3n) is 7.46. The zero-order chi connectivity index (χ0) is 26.9. The molecule has 2 aromatic carbocycles. The molecular formula is C30H44N4O5. The number of rotatable bonds is 11. The molecule has 2 aliphatic rings. The van der Waals surface area contributed by atoms with E-state index in [1.165, 1.54) is 17.2 Å². The van der Waals surface area contributed by atoms with Gasteiger partial charge in [-0.1, -0.05) is 37.3 Å². The molecule has 4 rings (SSSR count). The molecule has 1 amide bonds. The van der Waals surface area contributed by atoms with Crippen molar-refractivity contribution in [2.75, 3.05) is 44.6 Å². The number of carbonyl (C=O) groups is 1. The Labute approximate surface area is 232 Å². The average Bonchev–Trinajstić information content (AvgIpc) is 2.92. The number of ether oxygens (including phenoxy) is 2. The van der Waals surface area contributed by atoms with Crippen LogP contribution in [0.3, 0.4) is 0 Å². The first-order chi connectivity index (χ1) is 18.4. The summed E-state index contributed by atoms with van der Waals surface area (Å²) in [7, 11) is 0. The van der Waals surface area contributed by atoms with E-state index >= 15 is 0 Å². The number of aryl methyl sites for hydroxylation is 1. The first-order valence-corrected chi connectivity index (χ1v) is 13.8. The number of hydrogen-bond donors (Lipinski definition) is 1. The smallest absolute Gasteiger partial charge is 0.311 e. The molecule has 1 N–H and O–H groups in total. The van der Waals surface area contributed by atoms with Crippen molar-refractivity contribution < 1.29 is 19.2 Å². The summed E-state index contributed by atoms with van der Waals surface area (Å²) in [5.41, 5.74) is 3.24. The van der Waals surface area contributed by atoms with E-state index in [2.05, 4.69) is 41.4 Å². The Morgan fingerprint density at radius 3 is 2.38 bits per heavy atom. The predicted molar refractivity (Wildman–Crippen MR) is 154 cm³/mol. The monoisotopic (exact) mass is 540 g/mol. The van der Waals surface area contributed by atoms with Crippen LogP contribution in [0.4, 0.5) is 11.4 Å². The van der Waals surface area contributed by atoms with Gasteiger partial charge in [0.25, 0.3) is 0 Å². The number of nitrogens with zero attached hydrogens (tertiary/aromatic N) is 3. The zero-order valence-electron chi connectivity index (χ0n) is 22.6. The maximum atomic E-state index is 12.8. The van der Waals surface area contributed by atoms with Crippen LogP contribution in [0.1, 0.15) is 57.6 Å². The Bertz CT molecular complexity index is 1060. The average molecular weight is 541 g/mol. The Morgan fingerprint density at radius 1 is 1.05 bits per heavy atom. The Kier molecular flexibility index (Phi) is 11.6. The molecule has 9 heteroatoms. The summed E-state index contributed by atoms with van der Waals surface area (Å²) in [5.74, 6) is 0.493. The molecule has 0 unspecified atom stereocenters. The van der Waals surface area contributed by atoms with Crippen molar-refractivity contribution in [1.82, 2.24) is 9.80 Å². The summed E-state index contributed by atoms with van der Waals surface area (Å²) in [4.78, 5) is 28.0. The molecule has 2 fully saturated rings. The van der Waals surface area contributed by atoms with Crippen molar-refractivity contribution in [2.24, 2.45) is 0 Å². The van der Waals surface area contributed by atoms with Gasteiger partial charge >= 0.3 is 5.69 Å². The molecule has 0 atom stereocenters. The van der Waals surface area contributed by atoms with Gasteiger partial charge in [-0.2, -0.15) is 0 Å². The summed E-state index contributed by atoms with van der Waals surface area (Å²) >= 11 is 0. The minimum atomic E-state index is -0.429. The minimum absolute atomic E-state index is 0. The van der Waals surface area contributed by atoms with Gasteiger partial charge in [-0.25, -0.2) is 0 Å². The molecule has 0 radical (unpaired) electrons. The fraction of sp³-hybridized carbons (Fsp3) is 0.567. The van der Waals surface area contributed by atoms with Crippen molar-refractivity contribution in [3.63, 3.8) is 0 Å². The topological polar surface area (TPSA) is 97.2 Å². The lowest BCUT2D eigenvalue weighted by atomic mass is 10.0. The molecular weight excluding hydrogens is 496 g/mol. The van der Waals surface area contributed by atoms with Gasteiger partial charge in [-0.05, 0) is 51.2 Å². The van der Waals surface area contributed by atoms with Gasteiger partial charge in [-0.15, -0.1) is 0 Å². The third-order valence-corrected chi connectivity index (χ3v) is 7.46. The van der Waals surface area contributed by atoms with Gasteiger partial charge < -0.3 is 24.6 Å². The number of nitro benzene ring substituents is 1. The van der Waals surface area contributed by atoms with E-state index in [4.69, 9.17) is 9.47 Å². The highest BCUT2D eigenvalue weighted by atomic mass is 16.6. The van der Waals surface area contributed by atoms with Crippen molar-refractivity contribution in [3.05, 3.63) is 63.7 Å². The number of likely N-dealkylation sites (tertiary alicyclic amines) is 2. The largest absolute Gasteiger partial charge is 0.487 e. The minimum Gasteiger partial charge on any atom is -0.487 e. The van der Waals surface area contributed by atoms with E-state index in [1.54, 1.807) is 19.1 Å². The molecule has 0 aromatic heterocycles. The molecule has 0 saturated carbocycles. The highest BCUT2D eigenvalue weighted by Gasteiger charge is 2.25. The van der Waals surface area contributed by atoms with Crippen molar-refractivity contribution in [1.29, 1.82) is 0 Å². The van der Waals surface area contributed by atoms with Crippen LogP contribution in [0.25, 0.3) is 0 Å². The second-order valence-corrected chi connectivity index (χ2v) is 10.3. The second kappa shape index (κ2) is 14.8. The number of amides is 1. The fourth-order valence-corrected chi connectivity index (χ4v) is 5.14. The van der Waals surface area contributed by atoms with Crippen molar-refractivity contribution in [3.8, 4) is 5.75 Å². The van der Waals surface area contributed by atoms with E-state index < -0.39 is 4.92 Å². The molecule has 0 spiro atoms. The van der Waals surface area contributed by atoms with Gasteiger partial charge in [0.2, 0.25) is 5.91 Å². The van der Waals surface area contributed by atoms with Crippen LogP contribution in [0.2, 0.25) is 0 Å². The fourth-order valence-electron chi connectivity index (χ4n) is 5.14. The maximum absolute atomic E-state index is 12.8. The normalized spacial score (nSPS) is 16.9.